The van der Waals surface area contributed by atoms with Gasteiger partial charge in [0.1, 0.15) is 17.2 Å². The Kier molecular flexibility index (Phi) is 3.82. The molecular weight excluding hydrogens is 292 g/mol. The van der Waals surface area contributed by atoms with E-state index < -0.39 is 0 Å². The Morgan fingerprint density at radius 1 is 1.22 bits per heavy atom. The van der Waals surface area contributed by atoms with Crippen molar-refractivity contribution in [3.05, 3.63) is 41.4 Å². The van der Waals surface area contributed by atoms with Crippen molar-refractivity contribution in [2.24, 2.45) is 0 Å². The van der Waals surface area contributed by atoms with Crippen LogP contribution >= 0.6 is 0 Å². The smallest absolute Gasteiger partial charge is 0.143 e. The quantitative estimate of drug-likeness (QED) is 0.770. The van der Waals surface area contributed by atoms with Gasteiger partial charge in [-0.05, 0) is 44.5 Å². The molecule has 0 atom stereocenters. The number of aromatic hydroxyl groups is 1. The zero-order chi connectivity index (χ0) is 16.6. The number of anilines is 1. The van der Waals surface area contributed by atoms with Gasteiger partial charge in [-0.2, -0.15) is 5.10 Å². The molecule has 3 N–H and O–H groups in total. The summed E-state index contributed by atoms with van der Waals surface area (Å²) in [4.78, 5) is 0. The normalized spacial score (nSPS) is 11.1. The van der Waals surface area contributed by atoms with Crippen LogP contribution < -0.4 is 5.73 Å². The summed E-state index contributed by atoms with van der Waals surface area (Å²) in [6.45, 7) is 5.84. The number of rotatable bonds is 4. The summed E-state index contributed by atoms with van der Waals surface area (Å²) in [6, 6.07) is 6.87. The van der Waals surface area contributed by atoms with Gasteiger partial charge in [0.25, 0.3) is 0 Å². The first-order chi connectivity index (χ1) is 11.0. The van der Waals surface area contributed by atoms with Crippen LogP contribution in [0, 0.1) is 13.8 Å². The van der Waals surface area contributed by atoms with E-state index in [0.29, 0.717) is 11.4 Å². The summed E-state index contributed by atoms with van der Waals surface area (Å²) in [6.07, 6.45) is 1.76. The van der Waals surface area contributed by atoms with Gasteiger partial charge >= 0.3 is 0 Å². The molecule has 0 aliphatic rings. The van der Waals surface area contributed by atoms with Gasteiger partial charge in [0.05, 0.1) is 28.3 Å². The molecule has 0 spiro atoms. The standard InChI is InChI=1S/C17H20N4O2/c1-4-5-14-16(18)17(15-10(2)20-23-11(15)3)21(19-14)12-6-8-13(22)9-7-12/h6-9,22H,4-5,18H2,1-3H3. The molecule has 0 fully saturated rings. The molecule has 0 aliphatic heterocycles. The molecular formula is C17H20N4O2. The van der Waals surface area contributed by atoms with Crippen molar-refractivity contribution in [3.63, 3.8) is 0 Å². The van der Waals surface area contributed by atoms with Crippen LogP contribution in [0.5, 0.6) is 5.75 Å². The summed E-state index contributed by atoms with van der Waals surface area (Å²) in [5.41, 5.74) is 11.1. The van der Waals surface area contributed by atoms with Crippen molar-refractivity contribution in [2.45, 2.75) is 33.6 Å². The summed E-state index contributed by atoms with van der Waals surface area (Å²) in [7, 11) is 0. The molecule has 0 aliphatic carbocycles. The third-order valence-electron chi connectivity index (χ3n) is 3.85. The lowest BCUT2D eigenvalue weighted by atomic mass is 10.1. The highest BCUT2D eigenvalue weighted by Gasteiger charge is 2.23. The van der Waals surface area contributed by atoms with Crippen LogP contribution in [-0.2, 0) is 6.42 Å². The highest BCUT2D eigenvalue weighted by Crippen LogP contribution is 2.36. The van der Waals surface area contributed by atoms with E-state index in [-0.39, 0.29) is 5.75 Å². The van der Waals surface area contributed by atoms with E-state index in [9.17, 15) is 5.11 Å². The number of nitrogens with zero attached hydrogens (tertiary/aromatic N) is 3. The van der Waals surface area contributed by atoms with Gasteiger partial charge in [0.15, 0.2) is 0 Å². The largest absolute Gasteiger partial charge is 0.508 e. The molecule has 0 saturated heterocycles. The van der Waals surface area contributed by atoms with E-state index in [4.69, 9.17) is 10.3 Å². The number of hydrogen-bond acceptors (Lipinski definition) is 5. The fourth-order valence-electron chi connectivity index (χ4n) is 2.74. The van der Waals surface area contributed by atoms with Crippen molar-refractivity contribution in [1.29, 1.82) is 0 Å². The van der Waals surface area contributed by atoms with Gasteiger partial charge in [-0.1, -0.05) is 18.5 Å². The third kappa shape index (κ3) is 2.56. The molecule has 0 unspecified atom stereocenters. The lowest BCUT2D eigenvalue weighted by Crippen LogP contribution is -2.01. The summed E-state index contributed by atoms with van der Waals surface area (Å²) in [5, 5.41) is 18.2. The zero-order valence-electron chi connectivity index (χ0n) is 13.5. The van der Waals surface area contributed by atoms with Crippen molar-refractivity contribution in [3.8, 4) is 22.7 Å². The number of phenols is 1. The molecule has 3 rings (SSSR count). The van der Waals surface area contributed by atoms with Crippen LogP contribution in [0.2, 0.25) is 0 Å². The zero-order valence-corrected chi connectivity index (χ0v) is 13.5. The molecule has 3 aromatic rings. The van der Waals surface area contributed by atoms with Gasteiger partial charge in [0.2, 0.25) is 0 Å². The van der Waals surface area contributed by atoms with E-state index in [1.165, 1.54) is 0 Å². The molecule has 0 saturated carbocycles. The Morgan fingerprint density at radius 3 is 2.48 bits per heavy atom. The van der Waals surface area contributed by atoms with Crippen LogP contribution in [0.25, 0.3) is 16.9 Å². The molecule has 120 valence electrons. The second-order valence-corrected chi connectivity index (χ2v) is 5.59. The molecule has 23 heavy (non-hydrogen) atoms. The minimum absolute atomic E-state index is 0.210. The first kappa shape index (κ1) is 15.1. The SMILES string of the molecule is CCCc1nn(-c2ccc(O)cc2)c(-c2c(C)noc2C)c1N. The van der Waals surface area contributed by atoms with Crippen LogP contribution in [0.4, 0.5) is 5.69 Å². The molecule has 2 aromatic heterocycles. The summed E-state index contributed by atoms with van der Waals surface area (Å²) in [5.74, 6) is 0.915. The van der Waals surface area contributed by atoms with Crippen molar-refractivity contribution < 1.29 is 9.63 Å². The van der Waals surface area contributed by atoms with Crippen molar-refractivity contribution in [1.82, 2.24) is 14.9 Å². The maximum Gasteiger partial charge on any atom is 0.143 e. The minimum atomic E-state index is 0.210. The van der Waals surface area contributed by atoms with Crippen LogP contribution in [-0.4, -0.2) is 20.0 Å². The molecule has 6 heteroatoms. The average Bonchev–Trinajstić information content (AvgIpc) is 3.01. The van der Waals surface area contributed by atoms with E-state index in [0.717, 1.165) is 41.2 Å². The van der Waals surface area contributed by atoms with Gasteiger partial charge in [-0.3, -0.25) is 0 Å². The lowest BCUT2D eigenvalue weighted by Gasteiger charge is -2.08. The highest BCUT2D eigenvalue weighted by molar-refractivity contribution is 5.79. The average molecular weight is 312 g/mol. The van der Waals surface area contributed by atoms with Crippen LogP contribution in [0.1, 0.15) is 30.5 Å². The number of aryl methyl sites for hydroxylation is 3. The van der Waals surface area contributed by atoms with Crippen molar-refractivity contribution >= 4 is 5.69 Å². The van der Waals surface area contributed by atoms with Gasteiger partial charge in [-0.25, -0.2) is 4.68 Å². The number of phenolic OH excluding ortho intramolecular Hbond substituents is 1. The second kappa shape index (κ2) is 5.79. The lowest BCUT2D eigenvalue weighted by molar-refractivity contribution is 0.393. The maximum absolute atomic E-state index is 9.51. The number of nitrogens with two attached hydrogens (primary N) is 1. The Hall–Kier alpha value is -2.76. The van der Waals surface area contributed by atoms with Crippen LogP contribution in [0.3, 0.4) is 0 Å². The molecule has 0 radical (unpaired) electrons. The number of hydrogen-bond donors (Lipinski definition) is 2. The highest BCUT2D eigenvalue weighted by atomic mass is 16.5. The van der Waals surface area contributed by atoms with Gasteiger partial charge in [0, 0.05) is 0 Å². The summed E-state index contributed by atoms with van der Waals surface area (Å²) < 4.78 is 7.10. The minimum Gasteiger partial charge on any atom is -0.508 e. The van der Waals surface area contributed by atoms with E-state index in [1.807, 2.05) is 13.8 Å². The molecule has 0 amide bonds. The van der Waals surface area contributed by atoms with Crippen molar-refractivity contribution in [2.75, 3.05) is 5.73 Å². The topological polar surface area (TPSA) is 90.1 Å². The maximum atomic E-state index is 9.51. The molecule has 2 heterocycles. The summed E-state index contributed by atoms with van der Waals surface area (Å²) >= 11 is 0. The molecule has 6 nitrogen and oxygen atoms in total. The van der Waals surface area contributed by atoms with Crippen LogP contribution in [0.15, 0.2) is 28.8 Å². The third-order valence-corrected chi connectivity index (χ3v) is 3.85. The predicted molar refractivity (Wildman–Crippen MR) is 88.6 cm³/mol. The number of aromatic nitrogens is 3. The second-order valence-electron chi connectivity index (χ2n) is 5.59. The molecule has 0 bridgehead atoms. The fraction of sp³-hybridized carbons (Fsp3) is 0.294. The Labute approximate surface area is 134 Å². The first-order valence-corrected chi connectivity index (χ1v) is 7.63. The van der Waals surface area contributed by atoms with Gasteiger partial charge in [-0.15, -0.1) is 0 Å². The number of benzene rings is 1. The fourth-order valence-corrected chi connectivity index (χ4v) is 2.74. The monoisotopic (exact) mass is 312 g/mol. The van der Waals surface area contributed by atoms with E-state index >= 15 is 0 Å². The predicted octanol–water partition coefficient (Wildman–Crippen LogP) is 3.38. The Balaban J connectivity index is 2.26. The molecule has 1 aromatic carbocycles. The van der Waals surface area contributed by atoms with E-state index in [1.54, 1.807) is 28.9 Å². The van der Waals surface area contributed by atoms with Gasteiger partial charge < -0.3 is 15.4 Å². The Bertz CT molecular complexity index is 812. The number of nitrogen functional groups attached to an aromatic ring is 1. The van der Waals surface area contributed by atoms with E-state index in [2.05, 4.69) is 17.2 Å². The first-order valence-electron chi connectivity index (χ1n) is 7.63. The Morgan fingerprint density at radius 2 is 1.91 bits per heavy atom.